The molecule has 10 heavy (non-hydrogen) atoms. The molecule has 3 nitrogen and oxygen atoms in total. The molecule has 1 aliphatic heterocycles. The Kier molecular flexibility index (Phi) is 1.71. The lowest BCUT2D eigenvalue weighted by Gasteiger charge is -2.10. The molecule has 1 heterocycles. The lowest BCUT2D eigenvalue weighted by Crippen LogP contribution is -2.26. The van der Waals surface area contributed by atoms with E-state index in [1.54, 1.807) is 0 Å². The van der Waals surface area contributed by atoms with E-state index >= 15 is 0 Å². The van der Waals surface area contributed by atoms with Crippen LogP contribution in [-0.2, 0) is 4.79 Å². The maximum Gasteiger partial charge on any atom is 0.340 e. The summed E-state index contributed by atoms with van der Waals surface area (Å²) < 4.78 is 12.4. The van der Waals surface area contributed by atoms with Crippen LogP contribution in [0.2, 0.25) is 0 Å². The van der Waals surface area contributed by atoms with Crippen molar-refractivity contribution in [1.29, 1.82) is 0 Å². The molecule has 2 N–H and O–H groups in total. The Hall–Kier alpha value is -1.32. The third kappa shape index (κ3) is 1.15. The van der Waals surface area contributed by atoms with Crippen LogP contribution in [0.1, 0.15) is 0 Å². The molecule has 0 atom stereocenters. The summed E-state index contributed by atoms with van der Waals surface area (Å²) in [6.07, 6.45) is 3.83. The van der Waals surface area contributed by atoms with Gasteiger partial charge in [-0.05, 0) is 18.4 Å². The number of carboxylic acid groups (broad SMARTS) is 1. The normalized spacial score (nSPS) is 17.9. The zero-order chi connectivity index (χ0) is 7.56. The maximum absolute atomic E-state index is 12.4. The number of hydrogen-bond donors (Lipinski definition) is 2. The van der Waals surface area contributed by atoms with Crippen molar-refractivity contribution in [3.63, 3.8) is 0 Å². The lowest BCUT2D eigenvalue weighted by molar-refractivity contribution is -0.135. The van der Waals surface area contributed by atoms with Crippen molar-refractivity contribution in [2.45, 2.75) is 0 Å². The van der Waals surface area contributed by atoms with E-state index < -0.39 is 17.8 Å². The summed E-state index contributed by atoms with van der Waals surface area (Å²) in [5, 5.41) is 10.6. The summed E-state index contributed by atoms with van der Waals surface area (Å²) in [4.78, 5) is 10.2. The number of halogens is 1. The van der Waals surface area contributed by atoms with E-state index in [0.29, 0.717) is 0 Å². The highest BCUT2D eigenvalue weighted by Gasteiger charge is 2.23. The summed E-state index contributed by atoms with van der Waals surface area (Å²) in [5.74, 6) is -2.05. The predicted molar refractivity (Wildman–Crippen MR) is 32.3 cm³/mol. The van der Waals surface area contributed by atoms with Crippen LogP contribution < -0.4 is 5.32 Å². The molecule has 0 spiro atoms. The quantitative estimate of drug-likeness (QED) is 0.562. The molecule has 0 aliphatic carbocycles. The smallest absolute Gasteiger partial charge is 0.340 e. The van der Waals surface area contributed by atoms with E-state index in [2.05, 4.69) is 5.32 Å². The Morgan fingerprint density at radius 2 is 2.40 bits per heavy atom. The van der Waals surface area contributed by atoms with Crippen molar-refractivity contribution in [2.75, 3.05) is 0 Å². The molecule has 1 radical (unpaired) electrons. The van der Waals surface area contributed by atoms with Crippen molar-refractivity contribution in [2.24, 2.45) is 0 Å². The highest BCUT2D eigenvalue weighted by Crippen LogP contribution is 2.14. The molecule has 4 heteroatoms. The van der Waals surface area contributed by atoms with Crippen LogP contribution >= 0.6 is 0 Å². The SMILES string of the molecule is O=C(O)[C]1NC=CC=C1F. The molecule has 1 aliphatic rings. The van der Waals surface area contributed by atoms with Crippen LogP contribution in [0.4, 0.5) is 4.39 Å². The fourth-order valence-corrected chi connectivity index (χ4v) is 0.580. The van der Waals surface area contributed by atoms with Crippen molar-refractivity contribution in [3.8, 4) is 0 Å². The molecule has 0 aromatic rings. The molecule has 0 saturated heterocycles. The summed E-state index contributed by atoms with van der Waals surface area (Å²) in [6.45, 7) is 0. The standard InChI is InChI=1S/C6H5FNO2/c7-4-2-1-3-8-5(4)6(9)10/h1-3,8H,(H,9,10). The number of carboxylic acids is 1. The number of dihydropyridines is 1. The third-order valence-electron chi connectivity index (χ3n) is 1.02. The maximum atomic E-state index is 12.4. The van der Waals surface area contributed by atoms with Gasteiger partial charge in [0.15, 0.2) is 0 Å². The molecular weight excluding hydrogens is 137 g/mol. The van der Waals surface area contributed by atoms with Crippen molar-refractivity contribution < 1.29 is 14.3 Å². The molecule has 0 bridgehead atoms. The minimum absolute atomic E-state index is 0.414. The van der Waals surface area contributed by atoms with Crippen LogP contribution in [0.15, 0.2) is 24.2 Å². The second-order valence-electron chi connectivity index (χ2n) is 1.70. The summed E-state index contributed by atoms with van der Waals surface area (Å²) in [7, 11) is 0. The van der Waals surface area contributed by atoms with Crippen LogP contribution in [0, 0.1) is 6.04 Å². The molecule has 53 valence electrons. The van der Waals surface area contributed by atoms with Gasteiger partial charge in [-0.25, -0.2) is 9.18 Å². The van der Waals surface area contributed by atoms with Crippen LogP contribution in [0.5, 0.6) is 0 Å². The van der Waals surface area contributed by atoms with E-state index in [1.807, 2.05) is 0 Å². The van der Waals surface area contributed by atoms with Gasteiger partial charge in [0.25, 0.3) is 0 Å². The van der Waals surface area contributed by atoms with Crippen molar-refractivity contribution >= 4 is 5.97 Å². The number of rotatable bonds is 1. The summed E-state index contributed by atoms with van der Waals surface area (Å²) in [6, 6.07) is -0.414. The Bertz CT molecular complexity index is 210. The average Bonchev–Trinajstić information content (AvgIpc) is 1.88. The molecule has 0 aromatic carbocycles. The first-order valence-electron chi connectivity index (χ1n) is 2.61. The van der Waals surface area contributed by atoms with E-state index in [-0.39, 0.29) is 0 Å². The van der Waals surface area contributed by atoms with Gasteiger partial charge in [0.05, 0.1) is 0 Å². The number of hydrogen-bond acceptors (Lipinski definition) is 2. The molecule has 1 rings (SSSR count). The average molecular weight is 142 g/mol. The minimum Gasteiger partial charge on any atom is -0.479 e. The number of nitrogens with one attached hydrogen (secondary N) is 1. The van der Waals surface area contributed by atoms with E-state index in [4.69, 9.17) is 5.11 Å². The Labute approximate surface area is 56.9 Å². The van der Waals surface area contributed by atoms with Gasteiger partial charge in [-0.1, -0.05) is 0 Å². The van der Waals surface area contributed by atoms with Crippen LogP contribution in [0.3, 0.4) is 0 Å². The van der Waals surface area contributed by atoms with Crippen LogP contribution in [-0.4, -0.2) is 11.1 Å². The lowest BCUT2D eigenvalue weighted by atomic mass is 10.2. The van der Waals surface area contributed by atoms with Gasteiger partial charge in [0, 0.05) is 0 Å². The summed E-state index contributed by atoms with van der Waals surface area (Å²) >= 11 is 0. The zero-order valence-corrected chi connectivity index (χ0v) is 4.97. The fourth-order valence-electron chi connectivity index (χ4n) is 0.580. The predicted octanol–water partition coefficient (Wildman–Crippen LogP) is 0.573. The van der Waals surface area contributed by atoms with Gasteiger partial charge in [0.1, 0.15) is 5.83 Å². The third-order valence-corrected chi connectivity index (χ3v) is 1.02. The number of aliphatic carboxylic acids is 1. The first-order valence-corrected chi connectivity index (χ1v) is 2.61. The van der Waals surface area contributed by atoms with Gasteiger partial charge >= 0.3 is 5.97 Å². The number of carbonyl (C=O) groups is 1. The molecular formula is C6H5FNO2. The van der Waals surface area contributed by atoms with Crippen LogP contribution in [0.25, 0.3) is 0 Å². The fraction of sp³-hybridized carbons (Fsp3) is 0. The molecule has 0 unspecified atom stereocenters. The first-order chi connectivity index (χ1) is 4.72. The first kappa shape index (κ1) is 6.80. The van der Waals surface area contributed by atoms with E-state index in [1.165, 1.54) is 12.3 Å². The highest BCUT2D eigenvalue weighted by molar-refractivity contribution is 5.86. The Morgan fingerprint density at radius 1 is 1.70 bits per heavy atom. The van der Waals surface area contributed by atoms with Crippen molar-refractivity contribution in [3.05, 3.63) is 30.2 Å². The largest absolute Gasteiger partial charge is 0.479 e. The molecule has 0 amide bonds. The van der Waals surface area contributed by atoms with Gasteiger partial charge in [0.2, 0.25) is 6.04 Å². The zero-order valence-electron chi connectivity index (χ0n) is 4.97. The number of allylic oxidation sites excluding steroid dienone is 2. The second-order valence-corrected chi connectivity index (χ2v) is 1.70. The highest BCUT2D eigenvalue weighted by atomic mass is 19.1. The Balaban J connectivity index is 2.73. The summed E-state index contributed by atoms with van der Waals surface area (Å²) in [5.41, 5.74) is 0. The van der Waals surface area contributed by atoms with E-state index in [0.717, 1.165) is 6.08 Å². The van der Waals surface area contributed by atoms with Gasteiger partial charge < -0.3 is 10.4 Å². The Morgan fingerprint density at radius 3 is 2.80 bits per heavy atom. The van der Waals surface area contributed by atoms with Crippen molar-refractivity contribution in [1.82, 2.24) is 5.32 Å². The van der Waals surface area contributed by atoms with Gasteiger partial charge in [-0.2, -0.15) is 0 Å². The monoisotopic (exact) mass is 142 g/mol. The van der Waals surface area contributed by atoms with E-state index in [9.17, 15) is 9.18 Å². The van der Waals surface area contributed by atoms with Gasteiger partial charge in [-0.15, -0.1) is 0 Å². The second kappa shape index (κ2) is 2.51. The van der Waals surface area contributed by atoms with Gasteiger partial charge in [-0.3, -0.25) is 0 Å². The minimum atomic E-state index is -1.29. The molecule has 0 fully saturated rings. The topological polar surface area (TPSA) is 49.3 Å². The molecule has 0 saturated carbocycles. The molecule has 0 aromatic heterocycles.